The topological polar surface area (TPSA) is 78.9 Å². The zero-order valence-corrected chi connectivity index (χ0v) is 9.02. The van der Waals surface area contributed by atoms with Crippen molar-refractivity contribution in [2.75, 3.05) is 20.8 Å². The minimum atomic E-state index is -0.951. The fraction of sp³-hybridized carbons (Fsp3) is 0.500. The molecule has 0 spiro atoms. The lowest BCUT2D eigenvalue weighted by atomic mass is 9.96. The van der Waals surface area contributed by atoms with Crippen LogP contribution in [-0.4, -0.2) is 38.7 Å². The van der Waals surface area contributed by atoms with Crippen LogP contribution in [0.5, 0.6) is 0 Å². The third kappa shape index (κ3) is 2.59. The summed E-state index contributed by atoms with van der Waals surface area (Å²) in [6.45, 7) is 0.114. The lowest BCUT2D eigenvalue weighted by Gasteiger charge is -2.12. The van der Waals surface area contributed by atoms with Crippen molar-refractivity contribution in [3.8, 4) is 0 Å². The second-order valence-corrected chi connectivity index (χ2v) is 3.11. The van der Waals surface area contributed by atoms with E-state index in [-0.39, 0.29) is 18.6 Å². The Kier molecular flexibility index (Phi) is 4.04. The first kappa shape index (κ1) is 12.2. The molecule has 0 aliphatic carbocycles. The van der Waals surface area contributed by atoms with Gasteiger partial charge in [0.2, 0.25) is 0 Å². The standard InChI is InChI=1S/C10H12O6/c1-14-8(11)5-7(9(12)15-2)6-3-4-16-10(6)13/h3,7H,4-5H2,1-2H3. The van der Waals surface area contributed by atoms with Crippen molar-refractivity contribution < 1.29 is 28.6 Å². The Bertz CT molecular complexity index is 343. The maximum atomic E-state index is 11.4. The SMILES string of the molecule is COC(=O)CC(C(=O)OC)C1=CCOC1=O. The molecular formula is C10H12O6. The summed E-state index contributed by atoms with van der Waals surface area (Å²) < 4.78 is 13.6. The van der Waals surface area contributed by atoms with Gasteiger partial charge in [-0.2, -0.15) is 0 Å². The van der Waals surface area contributed by atoms with E-state index in [0.717, 1.165) is 0 Å². The van der Waals surface area contributed by atoms with E-state index in [1.807, 2.05) is 0 Å². The van der Waals surface area contributed by atoms with E-state index in [1.54, 1.807) is 0 Å². The van der Waals surface area contributed by atoms with Crippen molar-refractivity contribution in [2.45, 2.75) is 6.42 Å². The van der Waals surface area contributed by atoms with Gasteiger partial charge in [-0.15, -0.1) is 0 Å². The predicted octanol–water partition coefficient (Wildman–Crippen LogP) is -0.178. The average molecular weight is 228 g/mol. The molecule has 1 aliphatic heterocycles. The van der Waals surface area contributed by atoms with Crippen LogP contribution in [0.1, 0.15) is 6.42 Å². The highest BCUT2D eigenvalue weighted by Crippen LogP contribution is 2.22. The van der Waals surface area contributed by atoms with Gasteiger partial charge in [0.15, 0.2) is 0 Å². The van der Waals surface area contributed by atoms with Gasteiger partial charge in [-0.3, -0.25) is 9.59 Å². The van der Waals surface area contributed by atoms with Crippen molar-refractivity contribution in [2.24, 2.45) is 5.92 Å². The molecule has 0 fully saturated rings. The summed E-state index contributed by atoms with van der Waals surface area (Å²) >= 11 is 0. The van der Waals surface area contributed by atoms with Gasteiger partial charge in [0, 0.05) is 0 Å². The summed E-state index contributed by atoms with van der Waals surface area (Å²) in [7, 11) is 2.39. The van der Waals surface area contributed by atoms with Crippen LogP contribution >= 0.6 is 0 Å². The molecule has 6 heteroatoms. The molecule has 88 valence electrons. The lowest BCUT2D eigenvalue weighted by molar-refractivity contribution is -0.152. The van der Waals surface area contributed by atoms with Crippen molar-refractivity contribution in [3.05, 3.63) is 11.6 Å². The number of cyclic esters (lactones) is 1. The number of carbonyl (C=O) groups is 3. The molecule has 0 aromatic carbocycles. The zero-order valence-electron chi connectivity index (χ0n) is 9.02. The second kappa shape index (κ2) is 5.29. The molecule has 1 atom stereocenters. The molecule has 0 aromatic rings. The van der Waals surface area contributed by atoms with Crippen LogP contribution in [0, 0.1) is 5.92 Å². The van der Waals surface area contributed by atoms with Crippen LogP contribution in [0.25, 0.3) is 0 Å². The fourth-order valence-electron chi connectivity index (χ4n) is 1.37. The number of carbonyl (C=O) groups excluding carboxylic acids is 3. The summed E-state index contributed by atoms with van der Waals surface area (Å²) in [6, 6.07) is 0. The molecule has 1 aliphatic rings. The molecule has 0 saturated carbocycles. The Morgan fingerprint density at radius 3 is 2.56 bits per heavy atom. The Hall–Kier alpha value is -1.85. The number of hydrogen-bond donors (Lipinski definition) is 0. The van der Waals surface area contributed by atoms with Crippen LogP contribution in [0.4, 0.5) is 0 Å². The monoisotopic (exact) mass is 228 g/mol. The zero-order chi connectivity index (χ0) is 12.1. The van der Waals surface area contributed by atoms with Crippen LogP contribution in [0.15, 0.2) is 11.6 Å². The normalized spacial score (nSPS) is 16.1. The molecule has 1 unspecified atom stereocenters. The largest absolute Gasteiger partial charge is 0.469 e. The van der Waals surface area contributed by atoms with E-state index in [9.17, 15) is 14.4 Å². The van der Waals surface area contributed by atoms with E-state index in [4.69, 9.17) is 0 Å². The smallest absolute Gasteiger partial charge is 0.335 e. The lowest BCUT2D eigenvalue weighted by Crippen LogP contribution is -2.25. The predicted molar refractivity (Wildman–Crippen MR) is 51.2 cm³/mol. The summed E-state index contributed by atoms with van der Waals surface area (Å²) in [5, 5.41) is 0. The molecule has 1 heterocycles. The maximum absolute atomic E-state index is 11.4. The third-order valence-electron chi connectivity index (χ3n) is 2.21. The minimum absolute atomic E-state index is 0.114. The maximum Gasteiger partial charge on any atom is 0.335 e. The highest BCUT2D eigenvalue weighted by atomic mass is 16.5. The van der Waals surface area contributed by atoms with E-state index < -0.39 is 23.8 Å². The molecule has 0 aromatic heterocycles. The molecular weight excluding hydrogens is 216 g/mol. The van der Waals surface area contributed by atoms with Gasteiger partial charge in [-0.05, 0) is 6.08 Å². The van der Waals surface area contributed by atoms with Gasteiger partial charge in [0.1, 0.15) is 6.61 Å². The van der Waals surface area contributed by atoms with E-state index >= 15 is 0 Å². The first-order chi connectivity index (χ1) is 7.60. The Morgan fingerprint density at radius 2 is 2.12 bits per heavy atom. The van der Waals surface area contributed by atoms with Gasteiger partial charge in [0.25, 0.3) is 0 Å². The number of hydrogen-bond acceptors (Lipinski definition) is 6. The van der Waals surface area contributed by atoms with Crippen molar-refractivity contribution in [1.29, 1.82) is 0 Å². The van der Waals surface area contributed by atoms with E-state index in [1.165, 1.54) is 20.3 Å². The Balaban J connectivity index is 2.83. The van der Waals surface area contributed by atoms with Crippen molar-refractivity contribution in [1.82, 2.24) is 0 Å². The van der Waals surface area contributed by atoms with Crippen LogP contribution in [0.3, 0.4) is 0 Å². The van der Waals surface area contributed by atoms with Crippen LogP contribution in [-0.2, 0) is 28.6 Å². The molecule has 1 rings (SSSR count). The highest BCUT2D eigenvalue weighted by Gasteiger charge is 2.34. The van der Waals surface area contributed by atoms with Crippen LogP contribution < -0.4 is 0 Å². The first-order valence-corrected chi connectivity index (χ1v) is 4.62. The quantitative estimate of drug-likeness (QED) is 0.490. The molecule has 0 radical (unpaired) electrons. The first-order valence-electron chi connectivity index (χ1n) is 4.62. The number of rotatable bonds is 4. The highest BCUT2D eigenvalue weighted by molar-refractivity contribution is 5.98. The molecule has 0 N–H and O–H groups in total. The number of esters is 3. The van der Waals surface area contributed by atoms with Gasteiger partial charge in [-0.25, -0.2) is 4.79 Å². The van der Waals surface area contributed by atoms with Gasteiger partial charge < -0.3 is 14.2 Å². The van der Waals surface area contributed by atoms with Crippen LogP contribution in [0.2, 0.25) is 0 Å². The Morgan fingerprint density at radius 1 is 1.44 bits per heavy atom. The van der Waals surface area contributed by atoms with Gasteiger partial charge in [-0.1, -0.05) is 0 Å². The third-order valence-corrected chi connectivity index (χ3v) is 2.21. The summed E-state index contributed by atoms with van der Waals surface area (Å²) in [6.07, 6.45) is 1.23. The average Bonchev–Trinajstić information content (AvgIpc) is 2.70. The van der Waals surface area contributed by atoms with Gasteiger partial charge in [0.05, 0.1) is 32.1 Å². The van der Waals surface area contributed by atoms with Crippen molar-refractivity contribution in [3.63, 3.8) is 0 Å². The van der Waals surface area contributed by atoms with Gasteiger partial charge >= 0.3 is 17.9 Å². The number of ether oxygens (including phenoxy) is 3. The molecule has 6 nitrogen and oxygen atoms in total. The molecule has 0 amide bonds. The Labute approximate surface area is 92.2 Å². The van der Waals surface area contributed by atoms with E-state index in [2.05, 4.69) is 14.2 Å². The second-order valence-electron chi connectivity index (χ2n) is 3.11. The number of methoxy groups -OCH3 is 2. The summed E-state index contributed by atoms with van der Waals surface area (Å²) in [5.74, 6) is -2.79. The summed E-state index contributed by atoms with van der Waals surface area (Å²) in [4.78, 5) is 33.8. The fourth-order valence-corrected chi connectivity index (χ4v) is 1.37. The summed E-state index contributed by atoms with van der Waals surface area (Å²) in [5.41, 5.74) is 0.150. The molecule has 0 saturated heterocycles. The van der Waals surface area contributed by atoms with Crippen molar-refractivity contribution >= 4 is 17.9 Å². The van der Waals surface area contributed by atoms with E-state index in [0.29, 0.717) is 0 Å². The molecule has 16 heavy (non-hydrogen) atoms. The minimum Gasteiger partial charge on any atom is -0.469 e. The molecule has 0 bridgehead atoms.